The largest absolute Gasteiger partial charge is 0.329 e. The van der Waals surface area contributed by atoms with Crippen LogP contribution in [0.3, 0.4) is 0 Å². The molecule has 19 heavy (non-hydrogen) atoms. The Kier molecular flexibility index (Phi) is 3.80. The van der Waals surface area contributed by atoms with Gasteiger partial charge >= 0.3 is 0 Å². The van der Waals surface area contributed by atoms with E-state index in [0.29, 0.717) is 12.0 Å². The standard InChI is InChI=1S/C15H24N4/c16-11-14(13-3-8-17-12-18-13)19-9-6-15(7-10-19)4-1-2-5-15/h3,8,12,14H,1-2,4-7,9-11,16H2. The Morgan fingerprint density at radius 3 is 2.53 bits per heavy atom. The summed E-state index contributed by atoms with van der Waals surface area (Å²) in [7, 11) is 0. The van der Waals surface area contributed by atoms with Crippen molar-refractivity contribution in [3.8, 4) is 0 Å². The van der Waals surface area contributed by atoms with Gasteiger partial charge in [-0.25, -0.2) is 9.97 Å². The molecule has 1 aromatic heterocycles. The third-order valence-corrected chi connectivity index (χ3v) is 5.13. The van der Waals surface area contributed by atoms with Crippen LogP contribution in [-0.2, 0) is 0 Å². The predicted octanol–water partition coefficient (Wildman–Crippen LogP) is 2.13. The van der Waals surface area contributed by atoms with Gasteiger partial charge in [0.25, 0.3) is 0 Å². The fraction of sp³-hybridized carbons (Fsp3) is 0.733. The van der Waals surface area contributed by atoms with Crippen molar-refractivity contribution in [3.63, 3.8) is 0 Å². The lowest BCUT2D eigenvalue weighted by atomic mass is 9.76. The van der Waals surface area contributed by atoms with E-state index in [2.05, 4.69) is 14.9 Å². The Bertz CT molecular complexity index is 390. The Hall–Kier alpha value is -1.00. The molecular weight excluding hydrogens is 236 g/mol. The highest BCUT2D eigenvalue weighted by molar-refractivity contribution is 5.07. The van der Waals surface area contributed by atoms with Gasteiger partial charge in [-0.3, -0.25) is 4.90 Å². The molecule has 1 atom stereocenters. The summed E-state index contributed by atoms with van der Waals surface area (Å²) in [5.41, 5.74) is 7.72. The van der Waals surface area contributed by atoms with Gasteiger partial charge < -0.3 is 5.73 Å². The van der Waals surface area contributed by atoms with E-state index >= 15 is 0 Å². The zero-order chi connectivity index (χ0) is 13.1. The first-order valence-electron chi connectivity index (χ1n) is 7.53. The van der Waals surface area contributed by atoms with Crippen LogP contribution in [0.2, 0.25) is 0 Å². The van der Waals surface area contributed by atoms with E-state index in [4.69, 9.17) is 5.73 Å². The molecule has 1 aliphatic heterocycles. The van der Waals surface area contributed by atoms with Gasteiger partial charge in [0.1, 0.15) is 6.33 Å². The Morgan fingerprint density at radius 2 is 1.95 bits per heavy atom. The zero-order valence-electron chi connectivity index (χ0n) is 11.6. The van der Waals surface area contributed by atoms with E-state index in [1.807, 2.05) is 12.3 Å². The molecule has 1 saturated carbocycles. The molecule has 2 fully saturated rings. The minimum Gasteiger partial charge on any atom is -0.329 e. The molecular formula is C15H24N4. The quantitative estimate of drug-likeness (QED) is 0.904. The van der Waals surface area contributed by atoms with E-state index < -0.39 is 0 Å². The lowest BCUT2D eigenvalue weighted by Gasteiger charge is -2.42. The van der Waals surface area contributed by atoms with Crippen LogP contribution in [0.5, 0.6) is 0 Å². The molecule has 4 nitrogen and oxygen atoms in total. The lowest BCUT2D eigenvalue weighted by molar-refractivity contribution is 0.0766. The highest BCUT2D eigenvalue weighted by Gasteiger charge is 2.38. The number of likely N-dealkylation sites (tertiary alicyclic amines) is 1. The van der Waals surface area contributed by atoms with Crippen LogP contribution in [0.15, 0.2) is 18.6 Å². The smallest absolute Gasteiger partial charge is 0.115 e. The summed E-state index contributed by atoms with van der Waals surface area (Å²) in [5, 5.41) is 0. The van der Waals surface area contributed by atoms with Gasteiger partial charge in [0.15, 0.2) is 0 Å². The van der Waals surface area contributed by atoms with Crippen LogP contribution >= 0.6 is 0 Å². The third kappa shape index (κ3) is 2.65. The van der Waals surface area contributed by atoms with E-state index in [0.717, 1.165) is 5.69 Å². The van der Waals surface area contributed by atoms with Crippen LogP contribution in [0.1, 0.15) is 50.3 Å². The van der Waals surface area contributed by atoms with Crippen molar-refractivity contribution in [1.82, 2.24) is 14.9 Å². The van der Waals surface area contributed by atoms with E-state index in [9.17, 15) is 0 Å². The topological polar surface area (TPSA) is 55.0 Å². The molecule has 0 bridgehead atoms. The second-order valence-electron chi connectivity index (χ2n) is 6.13. The van der Waals surface area contributed by atoms with Crippen LogP contribution < -0.4 is 5.73 Å². The molecule has 0 aromatic carbocycles. The zero-order valence-corrected chi connectivity index (χ0v) is 11.6. The second-order valence-corrected chi connectivity index (χ2v) is 6.13. The molecule has 0 amide bonds. The van der Waals surface area contributed by atoms with E-state index in [-0.39, 0.29) is 6.04 Å². The van der Waals surface area contributed by atoms with Crippen molar-refractivity contribution in [2.75, 3.05) is 19.6 Å². The van der Waals surface area contributed by atoms with E-state index in [1.54, 1.807) is 6.33 Å². The van der Waals surface area contributed by atoms with Gasteiger partial charge in [0.05, 0.1) is 11.7 Å². The summed E-state index contributed by atoms with van der Waals surface area (Å²) in [5.74, 6) is 0. The summed E-state index contributed by atoms with van der Waals surface area (Å²) in [6, 6.07) is 2.26. The molecule has 1 aliphatic carbocycles. The van der Waals surface area contributed by atoms with E-state index in [1.165, 1.54) is 51.6 Å². The lowest BCUT2D eigenvalue weighted by Crippen LogP contribution is -2.43. The molecule has 1 unspecified atom stereocenters. The van der Waals surface area contributed by atoms with Gasteiger partial charge in [-0.2, -0.15) is 0 Å². The number of aromatic nitrogens is 2. The number of nitrogens with two attached hydrogens (primary N) is 1. The Morgan fingerprint density at radius 1 is 1.21 bits per heavy atom. The second kappa shape index (κ2) is 5.55. The number of hydrogen-bond acceptors (Lipinski definition) is 4. The van der Waals surface area contributed by atoms with Crippen molar-refractivity contribution >= 4 is 0 Å². The van der Waals surface area contributed by atoms with Crippen molar-refractivity contribution in [3.05, 3.63) is 24.3 Å². The molecule has 3 rings (SSSR count). The fourth-order valence-electron chi connectivity index (χ4n) is 3.89. The van der Waals surface area contributed by atoms with Gasteiger partial charge in [0, 0.05) is 12.7 Å². The molecule has 2 N–H and O–H groups in total. The fourth-order valence-corrected chi connectivity index (χ4v) is 3.89. The van der Waals surface area contributed by atoms with Crippen LogP contribution in [0, 0.1) is 5.41 Å². The maximum Gasteiger partial charge on any atom is 0.115 e. The summed E-state index contributed by atoms with van der Waals surface area (Å²) < 4.78 is 0. The molecule has 0 radical (unpaired) electrons. The average molecular weight is 260 g/mol. The number of hydrogen-bond donors (Lipinski definition) is 1. The van der Waals surface area contributed by atoms with Gasteiger partial charge in [-0.15, -0.1) is 0 Å². The van der Waals surface area contributed by atoms with Gasteiger partial charge in [-0.05, 0) is 50.3 Å². The first-order chi connectivity index (χ1) is 9.33. The predicted molar refractivity (Wildman–Crippen MR) is 75.5 cm³/mol. The first-order valence-corrected chi connectivity index (χ1v) is 7.53. The monoisotopic (exact) mass is 260 g/mol. The Labute approximate surface area is 115 Å². The third-order valence-electron chi connectivity index (χ3n) is 5.13. The molecule has 1 saturated heterocycles. The minimum absolute atomic E-state index is 0.266. The van der Waals surface area contributed by atoms with Crippen LogP contribution in [-0.4, -0.2) is 34.5 Å². The highest BCUT2D eigenvalue weighted by atomic mass is 15.2. The van der Waals surface area contributed by atoms with Crippen molar-refractivity contribution in [1.29, 1.82) is 0 Å². The molecule has 104 valence electrons. The number of rotatable bonds is 3. The van der Waals surface area contributed by atoms with Crippen molar-refractivity contribution in [2.24, 2.45) is 11.1 Å². The SMILES string of the molecule is NCC(c1ccncn1)N1CCC2(CCCC2)CC1. The van der Waals surface area contributed by atoms with Crippen molar-refractivity contribution < 1.29 is 0 Å². The summed E-state index contributed by atoms with van der Waals surface area (Å²) in [6.07, 6.45) is 11.9. The highest BCUT2D eigenvalue weighted by Crippen LogP contribution is 2.46. The van der Waals surface area contributed by atoms with Gasteiger partial charge in [0.2, 0.25) is 0 Å². The molecule has 1 aromatic rings. The minimum atomic E-state index is 0.266. The maximum atomic E-state index is 5.98. The number of piperidine rings is 1. The molecule has 2 aliphatic rings. The van der Waals surface area contributed by atoms with Crippen LogP contribution in [0.4, 0.5) is 0 Å². The Balaban J connectivity index is 1.66. The summed E-state index contributed by atoms with van der Waals surface area (Å²) in [4.78, 5) is 10.9. The maximum absolute atomic E-state index is 5.98. The molecule has 2 heterocycles. The molecule has 1 spiro atoms. The number of nitrogens with zero attached hydrogens (tertiary/aromatic N) is 3. The summed E-state index contributed by atoms with van der Waals surface area (Å²) in [6.45, 7) is 2.99. The average Bonchev–Trinajstić information content (AvgIpc) is 2.92. The van der Waals surface area contributed by atoms with Crippen molar-refractivity contribution in [2.45, 2.75) is 44.6 Å². The first kappa shape index (κ1) is 13.0. The van der Waals surface area contributed by atoms with Crippen LogP contribution in [0.25, 0.3) is 0 Å². The summed E-state index contributed by atoms with van der Waals surface area (Å²) >= 11 is 0. The van der Waals surface area contributed by atoms with Gasteiger partial charge in [-0.1, -0.05) is 12.8 Å². The molecule has 4 heteroatoms. The normalized spacial score (nSPS) is 24.7.